The molecule has 3 aromatic rings. The summed E-state index contributed by atoms with van der Waals surface area (Å²) in [6.07, 6.45) is 7.63. The second kappa shape index (κ2) is 8.20. The summed E-state index contributed by atoms with van der Waals surface area (Å²) in [6, 6.07) is 6.72. The van der Waals surface area contributed by atoms with Crippen LogP contribution in [0.3, 0.4) is 0 Å². The number of nitriles is 1. The Balaban J connectivity index is 1.28. The van der Waals surface area contributed by atoms with E-state index in [-0.39, 0.29) is 35.0 Å². The van der Waals surface area contributed by atoms with Gasteiger partial charge in [-0.2, -0.15) is 5.26 Å². The highest BCUT2D eigenvalue weighted by Gasteiger charge is 2.55. The Hall–Kier alpha value is -3.65. The van der Waals surface area contributed by atoms with Gasteiger partial charge in [0, 0.05) is 23.2 Å². The summed E-state index contributed by atoms with van der Waals surface area (Å²) in [5, 5.41) is 35.9. The Morgan fingerprint density at radius 3 is 2.72 bits per heavy atom. The molecule has 2 saturated heterocycles. The molecular weight excluding hydrogens is 461 g/mol. The van der Waals surface area contributed by atoms with E-state index in [0.717, 1.165) is 32.1 Å². The highest BCUT2D eigenvalue weighted by molar-refractivity contribution is 5.66. The van der Waals surface area contributed by atoms with Gasteiger partial charge in [-0.3, -0.25) is 0 Å². The summed E-state index contributed by atoms with van der Waals surface area (Å²) in [4.78, 5) is 10.5. The predicted octanol–water partition coefficient (Wildman–Crippen LogP) is 3.07. The van der Waals surface area contributed by atoms with Crippen LogP contribution in [0, 0.1) is 11.3 Å². The third-order valence-electron chi connectivity index (χ3n) is 7.81. The van der Waals surface area contributed by atoms with Gasteiger partial charge in [0.1, 0.15) is 24.3 Å². The lowest BCUT2D eigenvalue weighted by molar-refractivity contribution is 0.000258. The molecule has 1 aromatic carbocycles. The lowest BCUT2D eigenvalue weighted by Crippen LogP contribution is -2.73. The summed E-state index contributed by atoms with van der Waals surface area (Å²) >= 11 is 0. The molecule has 0 amide bonds. The normalized spacial score (nSPS) is 29.5. The van der Waals surface area contributed by atoms with Crippen molar-refractivity contribution in [2.75, 3.05) is 4.90 Å². The summed E-state index contributed by atoms with van der Waals surface area (Å²) in [5.74, 6) is 0.834. The van der Waals surface area contributed by atoms with Crippen LogP contribution in [0.25, 0.3) is 17.1 Å². The third kappa shape index (κ3) is 3.86. The number of anilines is 1. The smallest absolute Gasteiger partial charge is 0.252 e. The maximum Gasteiger partial charge on any atom is 0.252 e. The number of aromatic hydroxyl groups is 1. The molecule has 186 valence electrons. The lowest BCUT2D eigenvalue weighted by atomic mass is 9.68. The second-order valence-corrected chi connectivity index (χ2v) is 10.7. The molecule has 4 atom stereocenters. The number of alkyl halides is 1. The van der Waals surface area contributed by atoms with Crippen LogP contribution in [-0.2, 0) is 0 Å². The molecule has 2 N–H and O–H groups in total. The lowest BCUT2D eigenvalue weighted by Gasteiger charge is -2.57. The Kier molecular flexibility index (Phi) is 5.19. The van der Waals surface area contributed by atoms with Gasteiger partial charge in [0.05, 0.1) is 23.5 Å². The van der Waals surface area contributed by atoms with Crippen molar-refractivity contribution in [2.45, 2.75) is 81.7 Å². The van der Waals surface area contributed by atoms with Crippen LogP contribution in [0.1, 0.15) is 58.2 Å². The predicted molar refractivity (Wildman–Crippen MR) is 129 cm³/mol. The van der Waals surface area contributed by atoms with Gasteiger partial charge < -0.3 is 15.3 Å². The van der Waals surface area contributed by atoms with E-state index in [1.54, 1.807) is 18.3 Å². The van der Waals surface area contributed by atoms with Crippen LogP contribution >= 0.6 is 0 Å². The molecule has 10 nitrogen and oxygen atoms in total. The Bertz CT molecular complexity index is 1330. The number of piperidine rings is 2. The molecular formula is C25H28FN9O. The third-order valence-corrected chi connectivity index (χ3v) is 7.81. The van der Waals surface area contributed by atoms with Crippen LogP contribution in [-0.4, -0.2) is 64.4 Å². The molecule has 1 aliphatic carbocycles. The van der Waals surface area contributed by atoms with Crippen LogP contribution in [0.15, 0.2) is 30.7 Å². The van der Waals surface area contributed by atoms with E-state index in [9.17, 15) is 5.11 Å². The van der Waals surface area contributed by atoms with E-state index < -0.39 is 11.7 Å². The maximum atomic E-state index is 16.0. The van der Waals surface area contributed by atoms with Crippen molar-refractivity contribution in [3.8, 4) is 28.9 Å². The first-order chi connectivity index (χ1) is 17.3. The molecule has 2 aliphatic heterocycles. The highest BCUT2D eigenvalue weighted by atomic mass is 19.1. The fraction of sp³-hybridized carbons (Fsp3) is 0.520. The van der Waals surface area contributed by atoms with Crippen molar-refractivity contribution in [3.05, 3.63) is 36.5 Å². The first-order valence-corrected chi connectivity index (χ1v) is 12.4. The van der Waals surface area contributed by atoms with Crippen LogP contribution in [0.4, 0.5) is 10.2 Å². The molecule has 3 aliphatic rings. The van der Waals surface area contributed by atoms with Crippen molar-refractivity contribution in [1.29, 1.82) is 5.26 Å². The summed E-state index contributed by atoms with van der Waals surface area (Å²) in [7, 11) is 0. The molecule has 36 heavy (non-hydrogen) atoms. The largest absolute Gasteiger partial charge is 0.507 e. The van der Waals surface area contributed by atoms with E-state index in [4.69, 9.17) is 5.26 Å². The number of nitrogens with zero attached hydrogens (tertiary/aromatic N) is 8. The Morgan fingerprint density at radius 1 is 1.22 bits per heavy atom. The van der Waals surface area contributed by atoms with Crippen LogP contribution < -0.4 is 10.2 Å². The Morgan fingerprint density at radius 2 is 2.06 bits per heavy atom. The first-order valence-electron chi connectivity index (χ1n) is 12.4. The summed E-state index contributed by atoms with van der Waals surface area (Å²) in [6.45, 7) is 4.21. The van der Waals surface area contributed by atoms with E-state index in [1.807, 2.05) is 13.0 Å². The second-order valence-electron chi connectivity index (χ2n) is 10.7. The average Bonchev–Trinajstić information content (AvgIpc) is 3.57. The topological polar surface area (TPSA) is 129 Å². The van der Waals surface area contributed by atoms with E-state index in [2.05, 4.69) is 42.4 Å². The number of hydrogen-bond acceptors (Lipinski definition) is 9. The Labute approximate surface area is 208 Å². The minimum atomic E-state index is -1.03. The zero-order valence-corrected chi connectivity index (χ0v) is 20.3. The van der Waals surface area contributed by atoms with E-state index >= 15 is 4.39 Å². The van der Waals surface area contributed by atoms with Crippen molar-refractivity contribution in [2.24, 2.45) is 0 Å². The number of phenols is 1. The maximum absolute atomic E-state index is 16.0. The fourth-order valence-corrected chi connectivity index (χ4v) is 6.03. The molecule has 3 fully saturated rings. The number of benzene rings is 1. The molecule has 0 unspecified atom stereocenters. The minimum absolute atomic E-state index is 0.0396. The van der Waals surface area contributed by atoms with Crippen molar-refractivity contribution in [3.63, 3.8) is 0 Å². The number of fused-ring (bicyclic) bond motifs is 2. The molecule has 6 rings (SSSR count). The number of halogens is 1. The quantitative estimate of drug-likeness (QED) is 0.555. The van der Waals surface area contributed by atoms with E-state index in [0.29, 0.717) is 23.5 Å². The number of nitrogens with one attached hydrogen (secondary N) is 1. The van der Waals surface area contributed by atoms with Gasteiger partial charge >= 0.3 is 0 Å². The highest BCUT2D eigenvalue weighted by Crippen LogP contribution is 2.46. The van der Waals surface area contributed by atoms with Gasteiger partial charge in [-0.15, -0.1) is 15.3 Å². The molecule has 0 radical (unpaired) electrons. The molecule has 2 aromatic heterocycles. The van der Waals surface area contributed by atoms with Gasteiger partial charge in [-0.1, -0.05) is 0 Å². The average molecular weight is 490 g/mol. The van der Waals surface area contributed by atoms with Gasteiger partial charge in [0.2, 0.25) is 0 Å². The van der Waals surface area contributed by atoms with Crippen molar-refractivity contribution < 1.29 is 9.50 Å². The molecule has 4 heterocycles. The minimum Gasteiger partial charge on any atom is -0.507 e. The van der Waals surface area contributed by atoms with Gasteiger partial charge in [-0.05, 0) is 64.5 Å². The van der Waals surface area contributed by atoms with Crippen molar-refractivity contribution >= 4 is 5.82 Å². The monoisotopic (exact) mass is 489 g/mol. The van der Waals surface area contributed by atoms with E-state index in [1.165, 1.54) is 17.1 Å². The summed E-state index contributed by atoms with van der Waals surface area (Å²) in [5.41, 5.74) is 0.313. The fourth-order valence-electron chi connectivity index (χ4n) is 6.03. The molecule has 0 spiro atoms. The number of hydrogen-bond donors (Lipinski definition) is 2. The molecule has 11 heteroatoms. The van der Waals surface area contributed by atoms with Crippen LogP contribution in [0.5, 0.6) is 5.75 Å². The number of rotatable bonds is 5. The van der Waals surface area contributed by atoms with Gasteiger partial charge in [-0.25, -0.2) is 19.0 Å². The SMILES string of the molecule is C[C@@]12CCC[C@@](C)(N1)[C@@H](F)[C@@H](N(c1cnc(-c3ccc(-n4cnc(C#N)n4)cc3O)nn1)C1CC1)C2. The summed E-state index contributed by atoms with van der Waals surface area (Å²) < 4.78 is 17.4. The zero-order chi connectivity index (χ0) is 25.1. The van der Waals surface area contributed by atoms with Crippen molar-refractivity contribution in [1.82, 2.24) is 35.3 Å². The number of aromatic nitrogens is 6. The first kappa shape index (κ1) is 22.8. The molecule has 2 bridgehead atoms. The standard InChI is InChI=1S/C25H28FN9O/c1-24-8-3-9-25(2,33-24)22(26)18(11-24)35(15-4-5-15)21-13-28-23(31-30-21)17-7-6-16(10-19(17)36)34-14-29-20(12-27)32-34/h6-7,10,13-15,18,22,33,36H,3-5,8-9,11H2,1-2H3/t18-,22-,24-,25+/m0/s1. The van der Waals surface area contributed by atoms with Gasteiger partial charge in [0.15, 0.2) is 11.6 Å². The zero-order valence-electron chi connectivity index (χ0n) is 20.3. The van der Waals surface area contributed by atoms with Crippen LogP contribution in [0.2, 0.25) is 0 Å². The van der Waals surface area contributed by atoms with Gasteiger partial charge in [0.25, 0.3) is 5.82 Å². The molecule has 1 saturated carbocycles. The number of phenolic OH excluding ortho intramolecular Hbond substituents is 1.